The highest BCUT2D eigenvalue weighted by Gasteiger charge is 2.36. The van der Waals surface area contributed by atoms with E-state index in [0.29, 0.717) is 12.1 Å². The summed E-state index contributed by atoms with van der Waals surface area (Å²) in [5.74, 6) is 0. The number of rotatable bonds is 6. The molecule has 0 saturated carbocycles. The average Bonchev–Trinajstić information content (AvgIpc) is 3.13. The number of hydrogen-bond donors (Lipinski definition) is 1. The summed E-state index contributed by atoms with van der Waals surface area (Å²) in [6.07, 6.45) is -1.77. The lowest BCUT2D eigenvalue weighted by molar-refractivity contribution is -0.139. The Morgan fingerprint density at radius 1 is 1.00 bits per heavy atom. The third-order valence-electron chi connectivity index (χ3n) is 3.78. The van der Waals surface area contributed by atoms with Crippen LogP contribution in [0.5, 0.6) is 0 Å². The SMILES string of the molecule is O=S(=O)(NCc1ccc(Cn2cncn2)cc1)c1ccccc1C(F)(F)F. The molecule has 0 aliphatic carbocycles. The molecule has 1 aromatic heterocycles. The maximum Gasteiger partial charge on any atom is 0.417 e. The molecular weight excluding hydrogens is 381 g/mol. The molecule has 0 spiro atoms. The first-order chi connectivity index (χ1) is 12.8. The van der Waals surface area contributed by atoms with Crippen molar-refractivity contribution in [3.05, 3.63) is 77.9 Å². The lowest BCUT2D eigenvalue weighted by Gasteiger charge is -2.14. The zero-order valence-electron chi connectivity index (χ0n) is 13.9. The molecule has 0 aliphatic rings. The van der Waals surface area contributed by atoms with E-state index in [0.717, 1.165) is 23.8 Å². The minimum atomic E-state index is -4.76. The zero-order valence-corrected chi connectivity index (χ0v) is 14.7. The van der Waals surface area contributed by atoms with E-state index in [1.165, 1.54) is 12.4 Å². The normalized spacial score (nSPS) is 12.3. The predicted octanol–water partition coefficient (Wildman–Crippen LogP) is 2.82. The van der Waals surface area contributed by atoms with Gasteiger partial charge >= 0.3 is 6.18 Å². The van der Waals surface area contributed by atoms with Gasteiger partial charge in [0.2, 0.25) is 10.0 Å². The molecule has 2 aromatic carbocycles. The first-order valence-electron chi connectivity index (χ1n) is 7.82. The fourth-order valence-electron chi connectivity index (χ4n) is 2.46. The molecule has 10 heteroatoms. The van der Waals surface area contributed by atoms with Gasteiger partial charge in [-0.1, -0.05) is 36.4 Å². The summed E-state index contributed by atoms with van der Waals surface area (Å²) in [5, 5.41) is 3.99. The van der Waals surface area contributed by atoms with Crippen LogP contribution in [0.1, 0.15) is 16.7 Å². The van der Waals surface area contributed by atoms with E-state index in [-0.39, 0.29) is 6.54 Å². The Kier molecular flexibility index (Phi) is 5.29. The van der Waals surface area contributed by atoms with E-state index in [1.807, 2.05) is 0 Å². The number of halogens is 3. The van der Waals surface area contributed by atoms with E-state index in [9.17, 15) is 21.6 Å². The van der Waals surface area contributed by atoms with E-state index >= 15 is 0 Å². The van der Waals surface area contributed by atoms with Crippen LogP contribution >= 0.6 is 0 Å². The van der Waals surface area contributed by atoms with Crippen LogP contribution in [0.2, 0.25) is 0 Å². The topological polar surface area (TPSA) is 76.9 Å². The Morgan fingerprint density at radius 2 is 1.67 bits per heavy atom. The highest BCUT2D eigenvalue weighted by molar-refractivity contribution is 7.89. The molecule has 27 heavy (non-hydrogen) atoms. The first-order valence-corrected chi connectivity index (χ1v) is 9.30. The van der Waals surface area contributed by atoms with Crippen LogP contribution in [0.4, 0.5) is 13.2 Å². The van der Waals surface area contributed by atoms with Gasteiger partial charge in [-0.05, 0) is 23.3 Å². The molecule has 0 amide bonds. The molecule has 0 unspecified atom stereocenters. The monoisotopic (exact) mass is 396 g/mol. The number of aromatic nitrogens is 3. The maximum absolute atomic E-state index is 13.0. The van der Waals surface area contributed by atoms with Crippen LogP contribution in [0, 0.1) is 0 Å². The summed E-state index contributed by atoms with van der Waals surface area (Å²) >= 11 is 0. The van der Waals surface area contributed by atoms with Crippen molar-refractivity contribution in [2.45, 2.75) is 24.2 Å². The smallest absolute Gasteiger partial charge is 0.249 e. The predicted molar refractivity (Wildman–Crippen MR) is 91.0 cm³/mol. The average molecular weight is 396 g/mol. The first kappa shape index (κ1) is 19.1. The van der Waals surface area contributed by atoms with Crippen LogP contribution in [0.25, 0.3) is 0 Å². The van der Waals surface area contributed by atoms with Crippen LogP contribution in [0.15, 0.2) is 66.1 Å². The molecule has 0 aliphatic heterocycles. The van der Waals surface area contributed by atoms with Gasteiger partial charge < -0.3 is 0 Å². The number of nitrogens with zero attached hydrogens (tertiary/aromatic N) is 3. The molecule has 0 fully saturated rings. The molecule has 0 bridgehead atoms. The van der Waals surface area contributed by atoms with Gasteiger partial charge in [0.15, 0.2) is 0 Å². The van der Waals surface area contributed by atoms with Crippen LogP contribution < -0.4 is 4.72 Å². The Labute approximate surface area is 153 Å². The molecular formula is C17H15F3N4O2S. The van der Waals surface area contributed by atoms with Gasteiger partial charge in [0.25, 0.3) is 0 Å². The fourth-order valence-corrected chi connectivity index (χ4v) is 3.70. The summed E-state index contributed by atoms with van der Waals surface area (Å²) in [6, 6.07) is 11.1. The molecule has 142 valence electrons. The van der Waals surface area contributed by atoms with Crippen LogP contribution in [0.3, 0.4) is 0 Å². The quantitative estimate of drug-likeness (QED) is 0.695. The maximum atomic E-state index is 13.0. The minimum absolute atomic E-state index is 0.127. The van der Waals surface area contributed by atoms with Crippen molar-refractivity contribution in [3.8, 4) is 0 Å². The number of hydrogen-bond acceptors (Lipinski definition) is 4. The van der Waals surface area contributed by atoms with Crippen molar-refractivity contribution < 1.29 is 21.6 Å². The summed E-state index contributed by atoms with van der Waals surface area (Å²) < 4.78 is 67.6. The standard InChI is InChI=1S/C17H15F3N4O2S/c18-17(19,20)15-3-1-2-4-16(15)27(25,26)23-9-13-5-7-14(8-6-13)10-24-12-21-11-22-24/h1-8,11-12,23H,9-10H2. The molecule has 6 nitrogen and oxygen atoms in total. The highest BCUT2D eigenvalue weighted by atomic mass is 32.2. The Bertz CT molecular complexity index is 1000. The molecule has 0 saturated heterocycles. The minimum Gasteiger partial charge on any atom is -0.249 e. The van der Waals surface area contributed by atoms with Crippen molar-refractivity contribution in [2.75, 3.05) is 0 Å². The molecule has 1 heterocycles. The lowest BCUT2D eigenvalue weighted by Crippen LogP contribution is -2.26. The van der Waals surface area contributed by atoms with Gasteiger partial charge in [-0.3, -0.25) is 0 Å². The van der Waals surface area contributed by atoms with E-state index in [4.69, 9.17) is 0 Å². The van der Waals surface area contributed by atoms with E-state index < -0.39 is 26.7 Å². The zero-order chi connectivity index (χ0) is 19.5. The second-order valence-corrected chi connectivity index (χ2v) is 7.46. The van der Waals surface area contributed by atoms with Gasteiger partial charge in [0.1, 0.15) is 12.7 Å². The van der Waals surface area contributed by atoms with Gasteiger partial charge in [-0.15, -0.1) is 0 Å². The third-order valence-corrected chi connectivity index (χ3v) is 5.24. The van der Waals surface area contributed by atoms with E-state index in [2.05, 4.69) is 14.8 Å². The summed E-state index contributed by atoms with van der Waals surface area (Å²) in [6.45, 7) is 0.378. The summed E-state index contributed by atoms with van der Waals surface area (Å²) in [7, 11) is -4.32. The number of nitrogens with one attached hydrogen (secondary N) is 1. The Morgan fingerprint density at radius 3 is 2.30 bits per heavy atom. The van der Waals surface area contributed by atoms with Crippen LogP contribution in [-0.4, -0.2) is 23.2 Å². The number of alkyl halides is 3. The fraction of sp³-hybridized carbons (Fsp3) is 0.176. The third kappa shape index (κ3) is 4.72. The number of benzene rings is 2. The second kappa shape index (κ2) is 7.49. The summed E-state index contributed by atoms with van der Waals surface area (Å²) in [5.41, 5.74) is 0.348. The largest absolute Gasteiger partial charge is 0.417 e. The van der Waals surface area contributed by atoms with Gasteiger partial charge in [0, 0.05) is 6.54 Å². The van der Waals surface area contributed by atoms with Crippen molar-refractivity contribution in [1.29, 1.82) is 0 Å². The highest BCUT2D eigenvalue weighted by Crippen LogP contribution is 2.33. The molecule has 3 aromatic rings. The Hall–Kier alpha value is -2.72. The molecule has 0 atom stereocenters. The van der Waals surface area contributed by atoms with Crippen molar-refractivity contribution in [3.63, 3.8) is 0 Å². The molecule has 1 N–H and O–H groups in total. The summed E-state index contributed by atoms with van der Waals surface area (Å²) in [4.78, 5) is 3.05. The molecule has 0 radical (unpaired) electrons. The number of sulfonamides is 1. The second-order valence-electron chi connectivity index (χ2n) is 5.73. The van der Waals surface area contributed by atoms with Gasteiger partial charge in [-0.25, -0.2) is 22.8 Å². The van der Waals surface area contributed by atoms with Crippen molar-refractivity contribution >= 4 is 10.0 Å². The Balaban J connectivity index is 1.71. The van der Waals surface area contributed by atoms with Gasteiger partial charge in [-0.2, -0.15) is 18.3 Å². The van der Waals surface area contributed by atoms with Crippen molar-refractivity contribution in [1.82, 2.24) is 19.5 Å². The van der Waals surface area contributed by atoms with Gasteiger partial charge in [0.05, 0.1) is 17.0 Å². The lowest BCUT2D eigenvalue weighted by atomic mass is 10.1. The molecule has 3 rings (SSSR count). The van der Waals surface area contributed by atoms with Crippen molar-refractivity contribution in [2.24, 2.45) is 0 Å². The van der Waals surface area contributed by atoms with E-state index in [1.54, 1.807) is 35.3 Å². The van der Waals surface area contributed by atoms with Crippen LogP contribution in [-0.2, 0) is 29.3 Å².